The molecule has 0 radical (unpaired) electrons. The van der Waals surface area contributed by atoms with Gasteiger partial charge in [-0.25, -0.2) is 8.42 Å². The van der Waals surface area contributed by atoms with E-state index >= 15 is 0 Å². The van der Waals surface area contributed by atoms with Gasteiger partial charge >= 0.3 is 0 Å². The number of anilines is 1. The molecule has 208 valence electrons. The van der Waals surface area contributed by atoms with Crippen molar-refractivity contribution in [3.63, 3.8) is 0 Å². The van der Waals surface area contributed by atoms with Crippen molar-refractivity contribution in [1.82, 2.24) is 10.2 Å². The van der Waals surface area contributed by atoms with Gasteiger partial charge in [0.25, 0.3) is 10.0 Å². The van der Waals surface area contributed by atoms with E-state index in [9.17, 15) is 18.0 Å². The molecule has 39 heavy (non-hydrogen) atoms. The molecule has 0 fully saturated rings. The third kappa shape index (κ3) is 7.75. The largest absolute Gasteiger partial charge is 0.354 e. The van der Waals surface area contributed by atoms with Crippen molar-refractivity contribution in [1.29, 1.82) is 0 Å². The summed E-state index contributed by atoms with van der Waals surface area (Å²) in [5, 5.41) is 3.64. The molecule has 3 rings (SSSR count). The molecule has 10 heteroatoms. The minimum absolute atomic E-state index is 0.00973. The first-order valence-electron chi connectivity index (χ1n) is 12.7. The molecule has 3 aromatic rings. The van der Waals surface area contributed by atoms with Crippen molar-refractivity contribution in [2.24, 2.45) is 0 Å². The minimum Gasteiger partial charge on any atom is -0.354 e. The number of halogens is 2. The van der Waals surface area contributed by atoms with Crippen molar-refractivity contribution in [2.75, 3.05) is 17.4 Å². The van der Waals surface area contributed by atoms with Gasteiger partial charge in [0, 0.05) is 23.1 Å². The maximum Gasteiger partial charge on any atom is 0.264 e. The number of carbonyl (C=O) groups excluding carboxylic acids is 2. The zero-order valence-electron chi connectivity index (χ0n) is 22.2. The topological polar surface area (TPSA) is 86.8 Å². The summed E-state index contributed by atoms with van der Waals surface area (Å²) in [5.41, 5.74) is 1.64. The van der Waals surface area contributed by atoms with Crippen molar-refractivity contribution in [2.45, 2.75) is 51.1 Å². The van der Waals surface area contributed by atoms with Crippen LogP contribution in [0.1, 0.15) is 37.8 Å². The van der Waals surface area contributed by atoms with E-state index in [-0.39, 0.29) is 17.3 Å². The number of amides is 2. The molecule has 0 aliphatic carbocycles. The van der Waals surface area contributed by atoms with Crippen molar-refractivity contribution in [3.05, 3.63) is 94.0 Å². The number of nitrogens with one attached hydrogen (secondary N) is 1. The maximum atomic E-state index is 13.9. The smallest absolute Gasteiger partial charge is 0.264 e. The van der Waals surface area contributed by atoms with Crippen LogP contribution >= 0.6 is 23.2 Å². The molecular formula is C29H33Cl2N3O4S. The van der Waals surface area contributed by atoms with Crippen LogP contribution in [0.15, 0.2) is 77.7 Å². The van der Waals surface area contributed by atoms with Crippen LogP contribution in [-0.4, -0.2) is 44.3 Å². The molecule has 0 spiro atoms. The number of para-hydroxylation sites is 1. The summed E-state index contributed by atoms with van der Waals surface area (Å²) in [4.78, 5) is 28.4. The molecule has 0 heterocycles. The fraction of sp³-hybridized carbons (Fsp3) is 0.310. The van der Waals surface area contributed by atoms with Crippen LogP contribution < -0.4 is 9.62 Å². The normalized spacial score (nSPS) is 12.0. The van der Waals surface area contributed by atoms with Gasteiger partial charge in [-0.15, -0.1) is 0 Å². The highest BCUT2D eigenvalue weighted by molar-refractivity contribution is 7.92. The highest BCUT2D eigenvalue weighted by atomic mass is 35.5. The Kier molecular flexibility index (Phi) is 10.8. The van der Waals surface area contributed by atoms with Gasteiger partial charge in [-0.2, -0.15) is 0 Å². The Labute approximate surface area is 240 Å². The fourth-order valence-electron chi connectivity index (χ4n) is 4.03. The Morgan fingerprint density at radius 1 is 0.974 bits per heavy atom. The van der Waals surface area contributed by atoms with E-state index in [4.69, 9.17) is 23.2 Å². The number of benzene rings is 3. The zero-order valence-corrected chi connectivity index (χ0v) is 24.6. The molecule has 0 bridgehead atoms. The Balaban J connectivity index is 2.02. The second kappa shape index (κ2) is 13.8. The first kappa shape index (κ1) is 30.5. The van der Waals surface area contributed by atoms with Crippen LogP contribution in [0.5, 0.6) is 0 Å². The lowest BCUT2D eigenvalue weighted by molar-refractivity contribution is -0.139. The molecule has 0 aliphatic rings. The average molecular weight is 591 g/mol. The Bertz CT molecular complexity index is 1400. The second-order valence-electron chi connectivity index (χ2n) is 9.19. The van der Waals surface area contributed by atoms with Crippen LogP contribution in [0.3, 0.4) is 0 Å². The highest BCUT2D eigenvalue weighted by Crippen LogP contribution is 2.28. The molecule has 1 atom stereocenters. The minimum atomic E-state index is -4.11. The second-order valence-corrected chi connectivity index (χ2v) is 11.9. The number of carbonyl (C=O) groups is 2. The lowest BCUT2D eigenvalue weighted by atomic mass is 10.1. The molecule has 7 nitrogen and oxygen atoms in total. The quantitative estimate of drug-likeness (QED) is 0.269. The monoisotopic (exact) mass is 589 g/mol. The molecule has 1 unspecified atom stereocenters. The lowest BCUT2D eigenvalue weighted by Crippen LogP contribution is -2.51. The van der Waals surface area contributed by atoms with Gasteiger partial charge in [0.15, 0.2) is 0 Å². The summed E-state index contributed by atoms with van der Waals surface area (Å²) in [5.74, 6) is -0.892. The molecule has 2 amide bonds. The molecule has 0 saturated carbocycles. The lowest BCUT2D eigenvalue weighted by Gasteiger charge is -2.32. The average Bonchev–Trinajstić information content (AvgIpc) is 2.92. The molecule has 1 N–H and O–H groups in total. The zero-order chi connectivity index (χ0) is 28.6. The Morgan fingerprint density at radius 2 is 1.64 bits per heavy atom. The standard InChI is InChI=1S/C29H33Cl2N3O4S/c1-4-5-17-32-29(36)22(3)33(19-23-15-16-24(30)18-26(23)31)28(35)20-34(27-14-10-9-11-21(27)2)39(37,38)25-12-7-6-8-13-25/h6-16,18,22H,4-5,17,19-20H2,1-3H3,(H,32,36). The summed E-state index contributed by atoms with van der Waals surface area (Å²) >= 11 is 12.5. The summed E-state index contributed by atoms with van der Waals surface area (Å²) in [6.45, 7) is 5.36. The number of sulfonamides is 1. The molecule has 3 aromatic carbocycles. The molecule has 0 aliphatic heterocycles. The maximum absolute atomic E-state index is 13.9. The molecular weight excluding hydrogens is 557 g/mol. The van der Waals surface area contributed by atoms with Crippen LogP contribution in [-0.2, 0) is 26.2 Å². The van der Waals surface area contributed by atoms with Crippen LogP contribution in [0.25, 0.3) is 0 Å². The highest BCUT2D eigenvalue weighted by Gasteiger charge is 2.33. The number of hydrogen-bond acceptors (Lipinski definition) is 4. The first-order chi connectivity index (χ1) is 18.6. The van der Waals surface area contributed by atoms with Gasteiger partial charge in [-0.05, 0) is 61.7 Å². The van der Waals surface area contributed by atoms with Gasteiger partial charge in [0.1, 0.15) is 12.6 Å². The van der Waals surface area contributed by atoms with Crippen LogP contribution in [0.2, 0.25) is 10.0 Å². The van der Waals surface area contributed by atoms with Crippen molar-refractivity contribution >= 4 is 50.7 Å². The van der Waals surface area contributed by atoms with E-state index in [1.807, 2.05) is 6.92 Å². The molecule has 0 aromatic heterocycles. The summed E-state index contributed by atoms with van der Waals surface area (Å²) < 4.78 is 28.7. The van der Waals surface area contributed by atoms with E-state index in [1.165, 1.54) is 17.0 Å². The fourth-order valence-corrected chi connectivity index (χ4v) is 6.00. The van der Waals surface area contributed by atoms with E-state index in [0.29, 0.717) is 33.4 Å². The van der Waals surface area contributed by atoms with E-state index in [2.05, 4.69) is 5.32 Å². The van der Waals surface area contributed by atoms with Gasteiger partial charge in [-0.1, -0.05) is 79.0 Å². The summed E-state index contributed by atoms with van der Waals surface area (Å²) in [6.07, 6.45) is 1.70. The third-order valence-electron chi connectivity index (χ3n) is 6.35. The van der Waals surface area contributed by atoms with Crippen molar-refractivity contribution in [3.8, 4) is 0 Å². The third-order valence-corrected chi connectivity index (χ3v) is 8.71. The summed E-state index contributed by atoms with van der Waals surface area (Å²) in [7, 11) is -4.11. The van der Waals surface area contributed by atoms with Gasteiger partial charge in [0.05, 0.1) is 10.6 Å². The predicted octanol–water partition coefficient (Wildman–Crippen LogP) is 5.83. The van der Waals surface area contributed by atoms with Gasteiger partial charge < -0.3 is 10.2 Å². The van der Waals surface area contributed by atoms with Crippen LogP contribution in [0, 0.1) is 6.92 Å². The van der Waals surface area contributed by atoms with E-state index in [1.54, 1.807) is 74.5 Å². The number of rotatable bonds is 12. The SMILES string of the molecule is CCCCNC(=O)C(C)N(Cc1ccc(Cl)cc1Cl)C(=O)CN(c1ccccc1C)S(=O)(=O)c1ccccc1. The number of nitrogens with zero attached hydrogens (tertiary/aromatic N) is 2. The first-order valence-corrected chi connectivity index (χ1v) is 14.9. The van der Waals surface area contributed by atoms with Crippen LogP contribution in [0.4, 0.5) is 5.69 Å². The van der Waals surface area contributed by atoms with E-state index < -0.39 is 28.5 Å². The van der Waals surface area contributed by atoms with Gasteiger partial charge in [0.2, 0.25) is 11.8 Å². The number of hydrogen-bond donors (Lipinski definition) is 1. The Hall–Kier alpha value is -3.07. The Morgan fingerprint density at radius 3 is 2.28 bits per heavy atom. The van der Waals surface area contributed by atoms with E-state index in [0.717, 1.165) is 17.1 Å². The van der Waals surface area contributed by atoms with Gasteiger partial charge in [-0.3, -0.25) is 13.9 Å². The van der Waals surface area contributed by atoms with Crippen molar-refractivity contribution < 1.29 is 18.0 Å². The number of unbranched alkanes of at least 4 members (excludes halogenated alkanes) is 1. The molecule has 0 saturated heterocycles. The summed E-state index contributed by atoms with van der Waals surface area (Å²) in [6, 6.07) is 18.9. The number of aryl methyl sites for hydroxylation is 1. The predicted molar refractivity (Wildman–Crippen MR) is 157 cm³/mol.